The molecule has 0 radical (unpaired) electrons. The molecule has 1 N–H and O–H groups in total. The first-order valence-corrected chi connectivity index (χ1v) is 6.35. The van der Waals surface area contributed by atoms with Gasteiger partial charge >= 0.3 is 0 Å². The summed E-state index contributed by atoms with van der Waals surface area (Å²) in [5.41, 5.74) is 1.17. The van der Waals surface area contributed by atoms with Crippen LogP contribution in [-0.2, 0) is 0 Å². The Balaban J connectivity index is 2.01. The van der Waals surface area contributed by atoms with Crippen molar-refractivity contribution < 1.29 is 9.84 Å². The Morgan fingerprint density at radius 3 is 2.59 bits per heavy atom. The number of benzene rings is 1. The van der Waals surface area contributed by atoms with Crippen LogP contribution >= 0.6 is 0 Å². The van der Waals surface area contributed by atoms with E-state index in [2.05, 4.69) is 17.0 Å². The van der Waals surface area contributed by atoms with Gasteiger partial charge in [0.2, 0.25) is 0 Å². The molecule has 1 unspecified atom stereocenters. The Morgan fingerprint density at radius 2 is 2.00 bits per heavy atom. The molecule has 94 valence electrons. The Labute approximate surface area is 103 Å². The molecule has 1 aromatic rings. The topological polar surface area (TPSA) is 32.7 Å². The Bertz CT molecular complexity index is 348. The maximum atomic E-state index is 9.65. The minimum absolute atomic E-state index is 0.185. The number of aliphatic hydroxyl groups is 1. The SMILES string of the molecule is CC(C)Oc1ccc(N2CCCC(O)C2)cc1. The molecule has 0 aliphatic carbocycles. The highest BCUT2D eigenvalue weighted by Gasteiger charge is 2.17. The van der Waals surface area contributed by atoms with Crippen LogP contribution in [0.1, 0.15) is 26.7 Å². The van der Waals surface area contributed by atoms with Gasteiger partial charge in [0.15, 0.2) is 0 Å². The van der Waals surface area contributed by atoms with Crippen molar-refractivity contribution in [1.29, 1.82) is 0 Å². The smallest absolute Gasteiger partial charge is 0.119 e. The van der Waals surface area contributed by atoms with Gasteiger partial charge in [0.25, 0.3) is 0 Å². The summed E-state index contributed by atoms with van der Waals surface area (Å²) in [5, 5.41) is 9.65. The van der Waals surface area contributed by atoms with E-state index in [1.165, 1.54) is 5.69 Å². The van der Waals surface area contributed by atoms with E-state index in [0.717, 1.165) is 31.7 Å². The van der Waals surface area contributed by atoms with Gasteiger partial charge in [-0.05, 0) is 51.0 Å². The molecule has 17 heavy (non-hydrogen) atoms. The maximum absolute atomic E-state index is 9.65. The van der Waals surface area contributed by atoms with E-state index in [4.69, 9.17) is 4.74 Å². The van der Waals surface area contributed by atoms with Gasteiger partial charge < -0.3 is 14.7 Å². The Kier molecular flexibility index (Phi) is 3.89. The van der Waals surface area contributed by atoms with Crippen molar-refractivity contribution in [3.8, 4) is 5.75 Å². The number of nitrogens with zero attached hydrogens (tertiary/aromatic N) is 1. The molecule has 3 heteroatoms. The van der Waals surface area contributed by atoms with Gasteiger partial charge in [-0.25, -0.2) is 0 Å². The fourth-order valence-electron chi connectivity index (χ4n) is 2.20. The van der Waals surface area contributed by atoms with Crippen LogP contribution in [0.15, 0.2) is 24.3 Å². The van der Waals surface area contributed by atoms with Crippen LogP contribution in [0.5, 0.6) is 5.75 Å². The van der Waals surface area contributed by atoms with Gasteiger partial charge in [0, 0.05) is 18.8 Å². The molecule has 0 spiro atoms. The largest absolute Gasteiger partial charge is 0.491 e. The van der Waals surface area contributed by atoms with Crippen molar-refractivity contribution in [1.82, 2.24) is 0 Å². The van der Waals surface area contributed by atoms with Crippen molar-refractivity contribution >= 4 is 5.69 Å². The van der Waals surface area contributed by atoms with Crippen molar-refractivity contribution in [3.05, 3.63) is 24.3 Å². The van der Waals surface area contributed by atoms with E-state index in [-0.39, 0.29) is 12.2 Å². The average molecular weight is 235 g/mol. The first-order valence-electron chi connectivity index (χ1n) is 6.35. The Hall–Kier alpha value is -1.22. The maximum Gasteiger partial charge on any atom is 0.119 e. The quantitative estimate of drug-likeness (QED) is 0.873. The molecule has 0 amide bonds. The van der Waals surface area contributed by atoms with Crippen molar-refractivity contribution in [3.63, 3.8) is 0 Å². The predicted octanol–water partition coefficient (Wildman–Crippen LogP) is 2.43. The number of anilines is 1. The van der Waals surface area contributed by atoms with E-state index in [0.29, 0.717) is 0 Å². The number of hydrogen-bond acceptors (Lipinski definition) is 3. The molecule has 1 aromatic carbocycles. The second-order valence-corrected chi connectivity index (χ2v) is 4.90. The molecule has 0 saturated carbocycles. The lowest BCUT2D eigenvalue weighted by atomic mass is 10.1. The molecule has 1 atom stereocenters. The van der Waals surface area contributed by atoms with Crippen molar-refractivity contribution in [2.45, 2.75) is 38.9 Å². The molecule has 1 aliphatic rings. The van der Waals surface area contributed by atoms with Gasteiger partial charge in [0.05, 0.1) is 12.2 Å². The van der Waals surface area contributed by atoms with E-state index in [1.807, 2.05) is 26.0 Å². The summed E-state index contributed by atoms with van der Waals surface area (Å²) in [6, 6.07) is 8.12. The Morgan fingerprint density at radius 1 is 1.29 bits per heavy atom. The molecule has 2 rings (SSSR count). The van der Waals surface area contributed by atoms with E-state index >= 15 is 0 Å². The molecule has 0 aromatic heterocycles. The number of rotatable bonds is 3. The minimum atomic E-state index is -0.185. The summed E-state index contributed by atoms with van der Waals surface area (Å²) in [6.07, 6.45) is 2.00. The van der Waals surface area contributed by atoms with Crippen LogP contribution in [-0.4, -0.2) is 30.4 Å². The fourth-order valence-corrected chi connectivity index (χ4v) is 2.20. The third kappa shape index (κ3) is 3.37. The number of β-amino-alcohol motifs (C(OH)–C–C–N with tert-alkyl or cyclic N) is 1. The van der Waals surface area contributed by atoms with Crippen LogP contribution in [0.25, 0.3) is 0 Å². The second kappa shape index (κ2) is 5.41. The molecule has 1 heterocycles. The standard InChI is InChI=1S/C14H21NO2/c1-11(2)17-14-7-5-12(6-8-14)15-9-3-4-13(16)10-15/h5-8,11,13,16H,3-4,9-10H2,1-2H3. The first-order chi connectivity index (χ1) is 8.15. The van der Waals surface area contributed by atoms with Crippen LogP contribution in [0.3, 0.4) is 0 Å². The van der Waals surface area contributed by atoms with Crippen molar-refractivity contribution in [2.75, 3.05) is 18.0 Å². The van der Waals surface area contributed by atoms with Crippen LogP contribution in [0, 0.1) is 0 Å². The normalized spacial score (nSPS) is 20.7. The lowest BCUT2D eigenvalue weighted by Gasteiger charge is -2.32. The minimum Gasteiger partial charge on any atom is -0.491 e. The highest BCUT2D eigenvalue weighted by Crippen LogP contribution is 2.23. The zero-order valence-corrected chi connectivity index (χ0v) is 10.6. The highest BCUT2D eigenvalue weighted by molar-refractivity contribution is 5.49. The van der Waals surface area contributed by atoms with Gasteiger partial charge in [0.1, 0.15) is 5.75 Å². The molecule has 1 saturated heterocycles. The van der Waals surface area contributed by atoms with Gasteiger partial charge in [-0.2, -0.15) is 0 Å². The second-order valence-electron chi connectivity index (χ2n) is 4.90. The van der Waals surface area contributed by atoms with E-state index in [9.17, 15) is 5.11 Å². The zero-order chi connectivity index (χ0) is 12.3. The summed E-state index contributed by atoms with van der Waals surface area (Å²) < 4.78 is 5.61. The predicted molar refractivity (Wildman–Crippen MR) is 69.7 cm³/mol. The van der Waals surface area contributed by atoms with Gasteiger partial charge in [-0.3, -0.25) is 0 Å². The fraction of sp³-hybridized carbons (Fsp3) is 0.571. The molecule has 1 fully saturated rings. The van der Waals surface area contributed by atoms with Crippen LogP contribution in [0.2, 0.25) is 0 Å². The molecule has 3 nitrogen and oxygen atoms in total. The summed E-state index contributed by atoms with van der Waals surface area (Å²) in [5.74, 6) is 0.904. The third-order valence-corrected chi connectivity index (χ3v) is 2.97. The highest BCUT2D eigenvalue weighted by atomic mass is 16.5. The first kappa shape index (κ1) is 12.2. The third-order valence-electron chi connectivity index (χ3n) is 2.97. The van der Waals surface area contributed by atoms with Crippen LogP contribution < -0.4 is 9.64 Å². The summed E-state index contributed by atoms with van der Waals surface area (Å²) >= 11 is 0. The van der Waals surface area contributed by atoms with Gasteiger partial charge in [-0.15, -0.1) is 0 Å². The van der Waals surface area contributed by atoms with Crippen molar-refractivity contribution in [2.24, 2.45) is 0 Å². The lowest BCUT2D eigenvalue weighted by molar-refractivity contribution is 0.154. The van der Waals surface area contributed by atoms with E-state index < -0.39 is 0 Å². The molecule has 1 aliphatic heterocycles. The average Bonchev–Trinajstić information content (AvgIpc) is 2.29. The summed E-state index contributed by atoms with van der Waals surface area (Å²) in [6.45, 7) is 5.82. The molecular formula is C14H21NO2. The number of piperidine rings is 1. The summed E-state index contributed by atoms with van der Waals surface area (Å²) in [7, 11) is 0. The monoisotopic (exact) mass is 235 g/mol. The number of ether oxygens (including phenoxy) is 1. The molecule has 0 bridgehead atoms. The van der Waals surface area contributed by atoms with E-state index in [1.54, 1.807) is 0 Å². The number of aliphatic hydroxyl groups excluding tert-OH is 1. The van der Waals surface area contributed by atoms with Crippen LogP contribution in [0.4, 0.5) is 5.69 Å². The zero-order valence-electron chi connectivity index (χ0n) is 10.6. The molecular weight excluding hydrogens is 214 g/mol. The summed E-state index contributed by atoms with van der Waals surface area (Å²) in [4.78, 5) is 2.23. The lowest BCUT2D eigenvalue weighted by Crippen LogP contribution is -2.38. The van der Waals surface area contributed by atoms with Gasteiger partial charge in [-0.1, -0.05) is 0 Å². The number of hydrogen-bond donors (Lipinski definition) is 1.